The van der Waals surface area contributed by atoms with Crippen LogP contribution in [0.25, 0.3) is 0 Å². The van der Waals surface area contributed by atoms with Crippen molar-refractivity contribution in [3.05, 3.63) is 41.7 Å². The highest BCUT2D eigenvalue weighted by Crippen LogP contribution is 2.20. The van der Waals surface area contributed by atoms with Gasteiger partial charge in [-0.05, 0) is 38.1 Å². The molecule has 114 valence electrons. The van der Waals surface area contributed by atoms with E-state index in [1.54, 1.807) is 10.7 Å². The molecule has 0 aliphatic rings. The Morgan fingerprint density at radius 3 is 2.95 bits per heavy atom. The third kappa shape index (κ3) is 4.26. The molecule has 1 heterocycles. The van der Waals surface area contributed by atoms with Crippen molar-refractivity contribution in [1.82, 2.24) is 20.1 Å². The van der Waals surface area contributed by atoms with Crippen LogP contribution < -0.4 is 10.1 Å². The van der Waals surface area contributed by atoms with Gasteiger partial charge in [-0.3, -0.25) is 0 Å². The fraction of sp³-hybridized carbons (Fsp3) is 0.467. The lowest BCUT2D eigenvalue weighted by Crippen LogP contribution is -2.15. The van der Waals surface area contributed by atoms with E-state index in [0.29, 0.717) is 18.9 Å². The molecule has 0 radical (unpaired) electrons. The molecule has 0 aliphatic carbocycles. The van der Waals surface area contributed by atoms with Crippen LogP contribution in [0.5, 0.6) is 5.75 Å². The number of aryl methyl sites for hydroxylation is 1. The van der Waals surface area contributed by atoms with Crippen LogP contribution in [-0.2, 0) is 19.7 Å². The number of hydrogen-bond acceptors (Lipinski definition) is 4. The molecule has 0 bridgehead atoms. The Labute approximate surface area is 124 Å². The summed E-state index contributed by atoms with van der Waals surface area (Å²) in [6.07, 6.45) is 2.54. The number of hydrogen-bond donors (Lipinski definition) is 1. The molecule has 21 heavy (non-hydrogen) atoms. The second-order valence-electron chi connectivity index (χ2n) is 4.71. The minimum Gasteiger partial charge on any atom is -0.485 e. The average Bonchev–Trinajstić information content (AvgIpc) is 2.94. The van der Waals surface area contributed by atoms with Crippen LogP contribution in [0.3, 0.4) is 0 Å². The molecule has 1 N–H and O–H groups in total. The molecule has 6 heteroatoms. The van der Waals surface area contributed by atoms with E-state index in [9.17, 15) is 4.39 Å². The van der Waals surface area contributed by atoms with E-state index in [1.165, 1.54) is 18.5 Å². The van der Waals surface area contributed by atoms with E-state index in [-0.39, 0.29) is 5.82 Å². The van der Waals surface area contributed by atoms with Crippen molar-refractivity contribution in [3.8, 4) is 5.75 Å². The molecule has 1 aromatic carbocycles. The van der Waals surface area contributed by atoms with Crippen molar-refractivity contribution in [2.24, 2.45) is 0 Å². The van der Waals surface area contributed by atoms with E-state index < -0.39 is 0 Å². The monoisotopic (exact) mass is 292 g/mol. The number of nitrogens with zero attached hydrogens (tertiary/aromatic N) is 3. The second kappa shape index (κ2) is 7.73. The van der Waals surface area contributed by atoms with Crippen molar-refractivity contribution in [2.75, 3.05) is 6.54 Å². The fourth-order valence-corrected chi connectivity index (χ4v) is 2.03. The van der Waals surface area contributed by atoms with E-state index in [4.69, 9.17) is 4.74 Å². The van der Waals surface area contributed by atoms with Crippen molar-refractivity contribution < 1.29 is 9.13 Å². The van der Waals surface area contributed by atoms with Crippen LogP contribution in [0.4, 0.5) is 4.39 Å². The first-order valence-electron chi connectivity index (χ1n) is 7.23. The van der Waals surface area contributed by atoms with Gasteiger partial charge in [0.2, 0.25) is 0 Å². The third-order valence-corrected chi connectivity index (χ3v) is 3.12. The van der Waals surface area contributed by atoms with Gasteiger partial charge in [-0.2, -0.15) is 5.10 Å². The summed E-state index contributed by atoms with van der Waals surface area (Å²) in [5.41, 5.74) is 0.811. The van der Waals surface area contributed by atoms with Crippen molar-refractivity contribution >= 4 is 0 Å². The van der Waals surface area contributed by atoms with Gasteiger partial charge in [0, 0.05) is 18.7 Å². The van der Waals surface area contributed by atoms with Gasteiger partial charge < -0.3 is 10.1 Å². The highest BCUT2D eigenvalue weighted by atomic mass is 19.1. The van der Waals surface area contributed by atoms with Gasteiger partial charge in [-0.15, -0.1) is 0 Å². The molecular formula is C15H21FN4O. The van der Waals surface area contributed by atoms with Gasteiger partial charge in [0.15, 0.2) is 5.82 Å². The van der Waals surface area contributed by atoms with E-state index >= 15 is 0 Å². The number of benzene rings is 1. The first kappa shape index (κ1) is 15.4. The molecule has 5 nitrogen and oxygen atoms in total. The van der Waals surface area contributed by atoms with Gasteiger partial charge >= 0.3 is 0 Å². The summed E-state index contributed by atoms with van der Waals surface area (Å²) in [5, 5.41) is 7.35. The van der Waals surface area contributed by atoms with Crippen LogP contribution in [0.2, 0.25) is 0 Å². The lowest BCUT2D eigenvalue weighted by atomic mass is 10.2. The van der Waals surface area contributed by atoms with Gasteiger partial charge in [-0.1, -0.05) is 6.92 Å². The molecule has 2 rings (SSSR count). The topological polar surface area (TPSA) is 52.0 Å². The molecule has 0 spiro atoms. The minimum absolute atomic E-state index is 0.257. The van der Waals surface area contributed by atoms with Crippen LogP contribution in [0, 0.1) is 5.82 Å². The largest absolute Gasteiger partial charge is 0.485 e. The number of aromatic nitrogens is 3. The van der Waals surface area contributed by atoms with Crippen molar-refractivity contribution in [1.29, 1.82) is 0 Å². The van der Waals surface area contributed by atoms with Gasteiger partial charge in [0.25, 0.3) is 0 Å². The zero-order valence-corrected chi connectivity index (χ0v) is 12.5. The Hall–Kier alpha value is -1.95. The smallest absolute Gasteiger partial charge is 0.164 e. The Morgan fingerprint density at radius 2 is 2.19 bits per heavy atom. The molecule has 1 aromatic heterocycles. The summed E-state index contributed by atoms with van der Waals surface area (Å²) in [5.74, 6) is 1.17. The number of halogens is 1. The zero-order chi connectivity index (χ0) is 15.1. The average molecular weight is 292 g/mol. The SMILES string of the molecule is CCCNCc1cc(F)ccc1OCc1ncnn1CC. The maximum absolute atomic E-state index is 13.4. The summed E-state index contributed by atoms with van der Waals surface area (Å²) in [6.45, 7) is 6.62. The maximum atomic E-state index is 13.4. The summed E-state index contributed by atoms with van der Waals surface area (Å²) in [7, 11) is 0. The molecule has 2 aromatic rings. The Balaban J connectivity index is 2.04. The first-order valence-corrected chi connectivity index (χ1v) is 7.23. The molecular weight excluding hydrogens is 271 g/mol. The normalized spacial score (nSPS) is 10.8. The molecule has 0 saturated carbocycles. The second-order valence-corrected chi connectivity index (χ2v) is 4.71. The van der Waals surface area contributed by atoms with Gasteiger partial charge in [0.1, 0.15) is 24.5 Å². The van der Waals surface area contributed by atoms with Crippen LogP contribution in [0.15, 0.2) is 24.5 Å². The summed E-state index contributed by atoms with van der Waals surface area (Å²) in [6, 6.07) is 4.57. The van der Waals surface area contributed by atoms with Crippen LogP contribution in [0.1, 0.15) is 31.7 Å². The Kier molecular flexibility index (Phi) is 5.68. The van der Waals surface area contributed by atoms with Crippen molar-refractivity contribution in [2.45, 2.75) is 40.0 Å². The molecule has 0 aliphatic heterocycles. The number of ether oxygens (including phenoxy) is 1. The molecule has 0 fully saturated rings. The summed E-state index contributed by atoms with van der Waals surface area (Å²) in [4.78, 5) is 4.16. The Morgan fingerprint density at radius 1 is 1.33 bits per heavy atom. The van der Waals surface area contributed by atoms with E-state index in [0.717, 1.165) is 30.9 Å². The molecule has 0 saturated heterocycles. The van der Waals surface area contributed by atoms with Crippen LogP contribution in [-0.4, -0.2) is 21.3 Å². The lowest BCUT2D eigenvalue weighted by molar-refractivity contribution is 0.283. The summed E-state index contributed by atoms with van der Waals surface area (Å²) < 4.78 is 20.9. The van der Waals surface area contributed by atoms with Gasteiger partial charge in [0.05, 0.1) is 0 Å². The third-order valence-electron chi connectivity index (χ3n) is 3.12. The van der Waals surface area contributed by atoms with E-state index in [1.807, 2.05) is 6.92 Å². The highest BCUT2D eigenvalue weighted by molar-refractivity contribution is 5.34. The first-order chi connectivity index (χ1) is 10.2. The number of nitrogens with one attached hydrogen (secondary N) is 1. The van der Waals surface area contributed by atoms with Gasteiger partial charge in [-0.25, -0.2) is 14.1 Å². The minimum atomic E-state index is -0.257. The van der Waals surface area contributed by atoms with Crippen molar-refractivity contribution in [3.63, 3.8) is 0 Å². The number of rotatable bonds is 8. The maximum Gasteiger partial charge on any atom is 0.164 e. The highest BCUT2D eigenvalue weighted by Gasteiger charge is 2.08. The summed E-state index contributed by atoms with van der Waals surface area (Å²) >= 11 is 0. The zero-order valence-electron chi connectivity index (χ0n) is 12.5. The quantitative estimate of drug-likeness (QED) is 0.760. The standard InChI is InChI=1S/C15H21FN4O/c1-3-7-17-9-12-8-13(16)5-6-14(12)21-10-15-18-11-19-20(15)4-2/h5-6,8,11,17H,3-4,7,9-10H2,1-2H3. The molecule has 0 unspecified atom stereocenters. The van der Waals surface area contributed by atoms with E-state index in [2.05, 4.69) is 22.3 Å². The lowest BCUT2D eigenvalue weighted by Gasteiger charge is -2.12. The molecule has 0 amide bonds. The predicted molar refractivity (Wildman–Crippen MR) is 78.4 cm³/mol. The Bertz CT molecular complexity index is 571. The molecule has 0 atom stereocenters. The fourth-order valence-electron chi connectivity index (χ4n) is 2.03. The van der Waals surface area contributed by atoms with Crippen LogP contribution >= 0.6 is 0 Å². The predicted octanol–water partition coefficient (Wildman–Crippen LogP) is 2.52.